The Morgan fingerprint density at radius 3 is 2.68 bits per heavy atom. The van der Waals surface area contributed by atoms with Crippen LogP contribution in [0.1, 0.15) is 30.1 Å². The predicted molar refractivity (Wildman–Crippen MR) is 72.8 cm³/mol. The maximum absolute atomic E-state index is 11.8. The first kappa shape index (κ1) is 14.8. The highest BCUT2D eigenvalue weighted by Crippen LogP contribution is 2.23. The van der Waals surface area contributed by atoms with Crippen molar-refractivity contribution in [1.29, 1.82) is 0 Å². The number of hydrogen-bond acceptors (Lipinski definition) is 4. The van der Waals surface area contributed by atoms with Crippen molar-refractivity contribution in [1.82, 2.24) is 10.6 Å². The smallest absolute Gasteiger partial charge is 0.255 e. The Morgan fingerprint density at radius 1 is 1.26 bits per heavy atom. The van der Waals surface area contributed by atoms with E-state index >= 15 is 0 Å². The molecule has 6 nitrogen and oxygen atoms in total. The van der Waals surface area contributed by atoms with Gasteiger partial charge in [0.2, 0.25) is 5.91 Å². The number of anilines is 1. The van der Waals surface area contributed by atoms with E-state index in [9.17, 15) is 14.7 Å². The minimum absolute atomic E-state index is 0.106. The Bertz CT molecular complexity index is 460. The highest BCUT2D eigenvalue weighted by Gasteiger charge is 2.12. The average molecular weight is 265 g/mol. The summed E-state index contributed by atoms with van der Waals surface area (Å²) in [7, 11) is 0. The van der Waals surface area contributed by atoms with E-state index in [1.54, 1.807) is 6.07 Å². The van der Waals surface area contributed by atoms with Gasteiger partial charge >= 0.3 is 0 Å². The summed E-state index contributed by atoms with van der Waals surface area (Å²) in [5.41, 5.74) is 5.75. The third-order valence-corrected chi connectivity index (χ3v) is 2.52. The molecule has 1 aromatic rings. The molecule has 1 rings (SSSR count). The van der Waals surface area contributed by atoms with Gasteiger partial charge in [0.25, 0.3) is 5.91 Å². The topological polar surface area (TPSA) is 104 Å². The molecule has 2 amide bonds. The maximum atomic E-state index is 11.8. The first-order chi connectivity index (χ1) is 9.06. The Hall–Kier alpha value is -2.24. The van der Waals surface area contributed by atoms with Crippen LogP contribution in [0.15, 0.2) is 18.2 Å². The number of rotatable bonds is 6. The number of nitrogens with two attached hydrogens (primary N) is 1. The van der Waals surface area contributed by atoms with E-state index in [0.29, 0.717) is 6.54 Å². The molecule has 0 heterocycles. The van der Waals surface area contributed by atoms with Crippen LogP contribution in [0.5, 0.6) is 5.75 Å². The van der Waals surface area contributed by atoms with Gasteiger partial charge in [0, 0.05) is 19.5 Å². The van der Waals surface area contributed by atoms with Gasteiger partial charge in [0.1, 0.15) is 0 Å². The van der Waals surface area contributed by atoms with Gasteiger partial charge in [-0.05, 0) is 18.6 Å². The molecule has 0 aliphatic heterocycles. The molecule has 104 valence electrons. The van der Waals surface area contributed by atoms with E-state index in [1.807, 2.05) is 6.92 Å². The van der Waals surface area contributed by atoms with E-state index in [0.717, 1.165) is 6.42 Å². The summed E-state index contributed by atoms with van der Waals surface area (Å²) >= 11 is 0. The normalized spacial score (nSPS) is 9.95. The van der Waals surface area contributed by atoms with E-state index in [-0.39, 0.29) is 35.9 Å². The molecular formula is C13H19N3O3. The number of benzene rings is 1. The van der Waals surface area contributed by atoms with Crippen LogP contribution in [0.4, 0.5) is 5.69 Å². The summed E-state index contributed by atoms with van der Waals surface area (Å²) in [4.78, 5) is 23.1. The lowest BCUT2D eigenvalue weighted by Gasteiger charge is -2.08. The molecule has 0 radical (unpaired) electrons. The molecular weight excluding hydrogens is 246 g/mol. The predicted octanol–water partition coefficient (Wildman–Crippen LogP) is 0.620. The van der Waals surface area contributed by atoms with Gasteiger partial charge in [0.05, 0.1) is 11.3 Å². The molecule has 0 spiro atoms. The fraction of sp³-hybridized carbons (Fsp3) is 0.385. The van der Waals surface area contributed by atoms with Crippen LogP contribution >= 0.6 is 0 Å². The van der Waals surface area contributed by atoms with Gasteiger partial charge in [0.15, 0.2) is 5.75 Å². The van der Waals surface area contributed by atoms with Crippen LogP contribution in [0.3, 0.4) is 0 Å². The molecule has 5 N–H and O–H groups in total. The number of nitrogens with one attached hydrogen (secondary N) is 2. The average Bonchev–Trinajstić information content (AvgIpc) is 2.39. The largest absolute Gasteiger partial charge is 0.505 e. The van der Waals surface area contributed by atoms with Gasteiger partial charge in [-0.25, -0.2) is 0 Å². The third kappa shape index (κ3) is 4.50. The number of phenols is 1. The number of carbonyl (C=O) groups is 2. The first-order valence-electron chi connectivity index (χ1n) is 6.18. The fourth-order valence-electron chi connectivity index (χ4n) is 1.48. The Labute approximate surface area is 112 Å². The van der Waals surface area contributed by atoms with Crippen molar-refractivity contribution >= 4 is 17.5 Å². The minimum atomic E-state index is -0.451. The van der Waals surface area contributed by atoms with Crippen LogP contribution in [0.2, 0.25) is 0 Å². The summed E-state index contributed by atoms with van der Waals surface area (Å²) in [5.74, 6) is -0.803. The monoisotopic (exact) mass is 265 g/mol. The second-order valence-corrected chi connectivity index (χ2v) is 4.10. The number of hydrogen-bond donors (Lipinski definition) is 4. The van der Waals surface area contributed by atoms with Crippen LogP contribution in [0.25, 0.3) is 0 Å². The van der Waals surface area contributed by atoms with Gasteiger partial charge < -0.3 is 21.5 Å². The van der Waals surface area contributed by atoms with Crippen LogP contribution in [-0.4, -0.2) is 30.0 Å². The van der Waals surface area contributed by atoms with Crippen molar-refractivity contribution < 1.29 is 14.7 Å². The van der Waals surface area contributed by atoms with Crippen molar-refractivity contribution in [3.05, 3.63) is 23.8 Å². The fourth-order valence-corrected chi connectivity index (χ4v) is 1.48. The van der Waals surface area contributed by atoms with E-state index < -0.39 is 5.91 Å². The molecule has 0 atom stereocenters. The van der Waals surface area contributed by atoms with Crippen molar-refractivity contribution in [3.63, 3.8) is 0 Å². The van der Waals surface area contributed by atoms with Gasteiger partial charge in [-0.1, -0.05) is 13.0 Å². The van der Waals surface area contributed by atoms with Crippen molar-refractivity contribution in [2.75, 3.05) is 18.8 Å². The molecule has 1 aromatic carbocycles. The Morgan fingerprint density at radius 2 is 2.00 bits per heavy atom. The zero-order chi connectivity index (χ0) is 14.3. The number of nitrogen functional groups attached to an aromatic ring is 1. The maximum Gasteiger partial charge on any atom is 0.255 e. The second-order valence-electron chi connectivity index (χ2n) is 4.10. The number of phenolic OH excluding ortho intramolecular Hbond substituents is 1. The van der Waals surface area contributed by atoms with E-state index in [2.05, 4.69) is 10.6 Å². The summed E-state index contributed by atoms with van der Waals surface area (Å²) in [6, 6.07) is 4.56. The molecule has 0 fully saturated rings. The SMILES string of the molecule is CCCNC(=O)CCNC(=O)c1cccc(N)c1O. The number of carbonyl (C=O) groups excluding carboxylic acids is 2. The van der Waals surface area contributed by atoms with E-state index in [1.165, 1.54) is 12.1 Å². The zero-order valence-corrected chi connectivity index (χ0v) is 10.9. The van der Waals surface area contributed by atoms with Crippen molar-refractivity contribution in [3.8, 4) is 5.75 Å². The lowest BCUT2D eigenvalue weighted by Crippen LogP contribution is -2.31. The number of para-hydroxylation sites is 1. The quantitative estimate of drug-likeness (QED) is 0.447. The Kier molecular flexibility index (Phi) is 5.66. The van der Waals surface area contributed by atoms with Gasteiger partial charge in [-0.2, -0.15) is 0 Å². The lowest BCUT2D eigenvalue weighted by molar-refractivity contribution is -0.120. The zero-order valence-electron chi connectivity index (χ0n) is 10.9. The van der Waals surface area contributed by atoms with Crippen LogP contribution in [0, 0.1) is 0 Å². The minimum Gasteiger partial charge on any atom is -0.505 e. The summed E-state index contributed by atoms with van der Waals surface area (Å²) in [6.07, 6.45) is 1.07. The number of aromatic hydroxyl groups is 1. The van der Waals surface area contributed by atoms with Crippen LogP contribution < -0.4 is 16.4 Å². The molecule has 0 aromatic heterocycles. The molecule has 0 saturated heterocycles. The Balaban J connectivity index is 2.43. The first-order valence-corrected chi connectivity index (χ1v) is 6.18. The lowest BCUT2D eigenvalue weighted by atomic mass is 10.1. The van der Waals surface area contributed by atoms with Crippen molar-refractivity contribution in [2.24, 2.45) is 0 Å². The third-order valence-electron chi connectivity index (χ3n) is 2.52. The summed E-state index contributed by atoms with van der Waals surface area (Å²) in [5, 5.41) is 14.9. The van der Waals surface area contributed by atoms with Gasteiger partial charge in [-0.15, -0.1) is 0 Å². The van der Waals surface area contributed by atoms with Gasteiger partial charge in [-0.3, -0.25) is 9.59 Å². The van der Waals surface area contributed by atoms with Crippen molar-refractivity contribution in [2.45, 2.75) is 19.8 Å². The second kappa shape index (κ2) is 7.25. The standard InChI is InChI=1S/C13H19N3O3/c1-2-7-15-11(17)6-8-16-13(19)9-4-3-5-10(14)12(9)18/h3-5,18H,2,6-8,14H2,1H3,(H,15,17)(H,16,19). The highest BCUT2D eigenvalue weighted by atomic mass is 16.3. The summed E-state index contributed by atoms with van der Waals surface area (Å²) in [6.45, 7) is 2.80. The highest BCUT2D eigenvalue weighted by molar-refractivity contribution is 5.98. The summed E-state index contributed by atoms with van der Waals surface area (Å²) < 4.78 is 0. The molecule has 0 bridgehead atoms. The molecule has 0 saturated carbocycles. The molecule has 19 heavy (non-hydrogen) atoms. The molecule has 0 unspecified atom stereocenters. The molecule has 0 aliphatic carbocycles. The molecule has 0 aliphatic rings. The van der Waals surface area contributed by atoms with Crippen LogP contribution in [-0.2, 0) is 4.79 Å². The molecule has 6 heteroatoms. The number of amides is 2. The van der Waals surface area contributed by atoms with E-state index in [4.69, 9.17) is 5.73 Å².